The van der Waals surface area contributed by atoms with Gasteiger partial charge in [-0.25, -0.2) is 8.78 Å². The third-order valence-corrected chi connectivity index (χ3v) is 7.94. The monoisotopic (exact) mass is 488 g/mol. The van der Waals surface area contributed by atoms with Crippen molar-refractivity contribution in [1.82, 2.24) is 0 Å². The van der Waals surface area contributed by atoms with Crippen LogP contribution in [0.25, 0.3) is 0 Å². The van der Waals surface area contributed by atoms with Gasteiger partial charge in [0.05, 0.1) is 17.7 Å². The molecule has 0 aliphatic heterocycles. The molecule has 0 bridgehead atoms. The van der Waals surface area contributed by atoms with Crippen LogP contribution in [0, 0.1) is 23.7 Å². The summed E-state index contributed by atoms with van der Waals surface area (Å²) in [6, 6.07) is 2.04. The predicted molar refractivity (Wildman–Crippen MR) is 122 cm³/mol. The van der Waals surface area contributed by atoms with E-state index in [1.54, 1.807) is 0 Å². The minimum Gasteiger partial charge on any atom is -0.493 e. The van der Waals surface area contributed by atoms with E-state index in [0.29, 0.717) is 12.3 Å². The van der Waals surface area contributed by atoms with Crippen LogP contribution in [0.1, 0.15) is 112 Å². The molecule has 2 aliphatic rings. The van der Waals surface area contributed by atoms with Gasteiger partial charge in [-0.05, 0) is 74.8 Å². The van der Waals surface area contributed by atoms with Crippen LogP contribution in [0.4, 0.5) is 22.0 Å². The molecule has 0 heterocycles. The highest BCUT2D eigenvalue weighted by Crippen LogP contribution is 2.44. The van der Waals surface area contributed by atoms with Crippen LogP contribution in [0.15, 0.2) is 12.1 Å². The number of carbonyl (C=O) groups excluding carboxylic acids is 1. The first-order chi connectivity index (χ1) is 16.1. The van der Waals surface area contributed by atoms with Crippen LogP contribution in [-0.2, 0) is 6.18 Å². The van der Waals surface area contributed by atoms with Crippen molar-refractivity contribution in [2.75, 3.05) is 6.61 Å². The first kappa shape index (κ1) is 26.9. The van der Waals surface area contributed by atoms with E-state index in [4.69, 9.17) is 4.74 Å². The van der Waals surface area contributed by atoms with Crippen molar-refractivity contribution in [2.45, 2.75) is 97.1 Å². The minimum atomic E-state index is -5.07. The Labute approximate surface area is 199 Å². The van der Waals surface area contributed by atoms with Crippen LogP contribution < -0.4 is 4.74 Å². The summed E-state index contributed by atoms with van der Waals surface area (Å²) in [6.07, 6.45) is 2.66. The zero-order valence-electron chi connectivity index (χ0n) is 20.2. The van der Waals surface area contributed by atoms with E-state index in [2.05, 4.69) is 6.92 Å². The van der Waals surface area contributed by atoms with Crippen LogP contribution in [-0.4, -0.2) is 12.4 Å². The van der Waals surface area contributed by atoms with Gasteiger partial charge in [0.1, 0.15) is 5.75 Å². The van der Waals surface area contributed by atoms with E-state index in [0.717, 1.165) is 49.1 Å². The van der Waals surface area contributed by atoms with Crippen LogP contribution in [0.3, 0.4) is 0 Å². The minimum absolute atomic E-state index is 0.0492. The van der Waals surface area contributed by atoms with E-state index in [9.17, 15) is 26.7 Å². The number of alkyl halides is 5. The molecule has 3 rings (SSSR count). The number of hydrogen-bond donors (Lipinski definition) is 0. The highest BCUT2D eigenvalue weighted by Gasteiger charge is 2.41. The summed E-state index contributed by atoms with van der Waals surface area (Å²) >= 11 is 0. The van der Waals surface area contributed by atoms with E-state index in [1.807, 2.05) is 0 Å². The predicted octanol–water partition coefficient (Wildman–Crippen LogP) is 9.03. The molecule has 34 heavy (non-hydrogen) atoms. The van der Waals surface area contributed by atoms with Gasteiger partial charge in [-0.2, -0.15) is 13.2 Å². The lowest BCUT2D eigenvalue weighted by Gasteiger charge is -2.37. The van der Waals surface area contributed by atoms with Crippen molar-refractivity contribution in [3.05, 3.63) is 28.8 Å². The van der Waals surface area contributed by atoms with E-state index in [1.165, 1.54) is 45.4 Å². The maximum Gasteiger partial charge on any atom is 0.417 e. The second-order valence-electron chi connectivity index (χ2n) is 10.2. The number of halogens is 5. The molecule has 2 fully saturated rings. The Bertz CT molecular complexity index is 804. The van der Waals surface area contributed by atoms with Gasteiger partial charge in [0.2, 0.25) is 0 Å². The molecular formula is C27H37F5O2. The van der Waals surface area contributed by atoms with Crippen LogP contribution >= 0.6 is 0 Å². The first-order valence-electron chi connectivity index (χ1n) is 12.8. The molecule has 1 aromatic carbocycles. The lowest BCUT2D eigenvalue weighted by molar-refractivity contribution is -0.140. The molecule has 0 amide bonds. The number of rotatable bonds is 9. The topological polar surface area (TPSA) is 26.3 Å². The van der Waals surface area contributed by atoms with Crippen molar-refractivity contribution >= 4 is 5.78 Å². The fourth-order valence-corrected chi connectivity index (χ4v) is 6.03. The van der Waals surface area contributed by atoms with Crippen LogP contribution in [0.2, 0.25) is 0 Å². The van der Waals surface area contributed by atoms with Crippen LogP contribution in [0.5, 0.6) is 5.75 Å². The molecule has 0 N–H and O–H groups in total. The second-order valence-corrected chi connectivity index (χ2v) is 10.2. The number of hydrogen-bond acceptors (Lipinski definition) is 2. The summed E-state index contributed by atoms with van der Waals surface area (Å²) in [5, 5.41) is 0. The zero-order chi connectivity index (χ0) is 24.9. The molecule has 7 heteroatoms. The van der Waals surface area contributed by atoms with Gasteiger partial charge in [-0.1, -0.05) is 39.0 Å². The largest absolute Gasteiger partial charge is 0.493 e. The maximum atomic E-state index is 13.7. The SMILES string of the molecule is CCOc1ccc(C(=O)CCCC2CCC(C3CCC(C)CC3)CC2)c(C(F)(F)F)c1C(F)F. The molecule has 2 aliphatic carbocycles. The summed E-state index contributed by atoms with van der Waals surface area (Å²) in [5.74, 6) is 1.70. The van der Waals surface area contributed by atoms with E-state index >= 15 is 0 Å². The molecule has 0 saturated heterocycles. The third-order valence-electron chi connectivity index (χ3n) is 7.94. The highest BCUT2D eigenvalue weighted by molar-refractivity contribution is 5.98. The second kappa shape index (κ2) is 11.9. The average molecular weight is 489 g/mol. The molecule has 192 valence electrons. The standard InChI is InChI=1S/C27H37F5O2/c1-3-34-23-16-15-21(25(27(30,31)32)24(23)26(28)29)22(33)6-4-5-18-9-13-20(14-10-18)19-11-7-17(2)8-12-19/h15-20,26H,3-14H2,1-2H3. The third kappa shape index (κ3) is 6.72. The van der Waals surface area contributed by atoms with Crippen molar-refractivity contribution in [3.8, 4) is 5.75 Å². The normalized spacial score (nSPS) is 26.0. The fraction of sp³-hybridized carbons (Fsp3) is 0.741. The van der Waals surface area contributed by atoms with Gasteiger partial charge in [0.15, 0.2) is 5.78 Å². The molecule has 0 atom stereocenters. The van der Waals surface area contributed by atoms with E-state index in [-0.39, 0.29) is 13.0 Å². The molecule has 0 radical (unpaired) electrons. The number of carbonyl (C=O) groups is 1. The Morgan fingerprint density at radius 1 is 1.00 bits per heavy atom. The van der Waals surface area contributed by atoms with Crippen molar-refractivity contribution in [2.24, 2.45) is 23.7 Å². The van der Waals surface area contributed by atoms with Gasteiger partial charge in [0.25, 0.3) is 6.43 Å². The molecule has 0 aromatic heterocycles. The number of ether oxygens (including phenoxy) is 1. The van der Waals surface area contributed by atoms with Gasteiger partial charge in [-0.3, -0.25) is 4.79 Å². The Balaban J connectivity index is 1.57. The lowest BCUT2D eigenvalue weighted by Crippen LogP contribution is -2.25. The highest BCUT2D eigenvalue weighted by atomic mass is 19.4. The Morgan fingerprint density at radius 2 is 1.59 bits per heavy atom. The molecule has 2 nitrogen and oxygen atoms in total. The summed E-state index contributed by atoms with van der Waals surface area (Å²) in [4.78, 5) is 12.7. The Morgan fingerprint density at radius 3 is 2.12 bits per heavy atom. The number of ketones is 1. The molecule has 0 spiro atoms. The van der Waals surface area contributed by atoms with Crippen molar-refractivity contribution in [3.63, 3.8) is 0 Å². The van der Waals surface area contributed by atoms with Gasteiger partial charge < -0.3 is 4.74 Å². The summed E-state index contributed by atoms with van der Waals surface area (Å²) in [7, 11) is 0. The summed E-state index contributed by atoms with van der Waals surface area (Å²) in [6.45, 7) is 3.78. The molecule has 1 aromatic rings. The number of benzene rings is 1. The Kier molecular flexibility index (Phi) is 9.39. The smallest absolute Gasteiger partial charge is 0.417 e. The van der Waals surface area contributed by atoms with Crippen molar-refractivity contribution in [1.29, 1.82) is 0 Å². The first-order valence-corrected chi connectivity index (χ1v) is 12.8. The zero-order valence-corrected chi connectivity index (χ0v) is 20.2. The molecular weight excluding hydrogens is 451 g/mol. The Hall–Kier alpha value is -1.66. The van der Waals surface area contributed by atoms with Gasteiger partial charge in [-0.15, -0.1) is 0 Å². The molecule has 2 saturated carbocycles. The van der Waals surface area contributed by atoms with Gasteiger partial charge >= 0.3 is 6.18 Å². The average Bonchev–Trinajstić information content (AvgIpc) is 2.79. The van der Waals surface area contributed by atoms with E-state index < -0.39 is 40.8 Å². The van der Waals surface area contributed by atoms with Crippen molar-refractivity contribution < 1.29 is 31.5 Å². The number of Topliss-reactive ketones (excluding diaryl/α,β-unsaturated/α-hetero) is 1. The quantitative estimate of drug-likeness (QED) is 0.256. The maximum absolute atomic E-state index is 13.7. The molecule has 0 unspecified atom stereocenters. The summed E-state index contributed by atoms with van der Waals surface area (Å²) in [5.41, 5.74) is -3.47. The lowest BCUT2D eigenvalue weighted by atomic mass is 9.69. The van der Waals surface area contributed by atoms with Gasteiger partial charge in [0, 0.05) is 12.0 Å². The summed E-state index contributed by atoms with van der Waals surface area (Å²) < 4.78 is 73.3. The fourth-order valence-electron chi connectivity index (χ4n) is 6.03.